The Balaban J connectivity index is 0.00000162. The van der Waals surface area contributed by atoms with Crippen LogP contribution in [0.5, 0.6) is 5.75 Å². The van der Waals surface area contributed by atoms with Crippen LogP contribution in [-0.2, 0) is 6.18 Å². The summed E-state index contributed by atoms with van der Waals surface area (Å²) in [6.07, 6.45) is -3.23. The van der Waals surface area contributed by atoms with E-state index < -0.39 is 11.7 Å². The third kappa shape index (κ3) is 4.07. The van der Waals surface area contributed by atoms with Crippen molar-refractivity contribution in [1.29, 1.82) is 0 Å². The Bertz CT molecular complexity index is 361. The molecule has 18 heavy (non-hydrogen) atoms. The Hall–Kier alpha value is -0.940. The minimum atomic E-state index is -4.28. The van der Waals surface area contributed by atoms with Crippen LogP contribution in [0.4, 0.5) is 13.2 Å². The minimum absolute atomic E-state index is 0. The average Bonchev–Trinajstić information content (AvgIpc) is 2.78. The van der Waals surface area contributed by atoms with Crippen molar-refractivity contribution in [3.8, 4) is 5.75 Å². The van der Waals surface area contributed by atoms with Crippen LogP contribution >= 0.6 is 12.4 Å². The summed E-state index contributed by atoms with van der Waals surface area (Å²) in [5, 5.41) is 3.21. The van der Waals surface area contributed by atoms with Gasteiger partial charge in [0.05, 0.1) is 12.2 Å². The normalized spacial score (nSPS) is 19.4. The lowest BCUT2D eigenvalue weighted by Crippen LogP contribution is -2.15. The molecule has 0 saturated carbocycles. The molecule has 2 rings (SSSR count). The number of hydrogen-bond donors (Lipinski definition) is 1. The smallest absolute Gasteiger partial charge is 0.416 e. The summed E-state index contributed by atoms with van der Waals surface area (Å²) in [5.41, 5.74) is -0.646. The Morgan fingerprint density at radius 2 is 1.89 bits per heavy atom. The fourth-order valence-electron chi connectivity index (χ4n) is 1.81. The molecule has 1 aliphatic heterocycles. The third-order valence-electron chi connectivity index (χ3n) is 2.83. The van der Waals surface area contributed by atoms with Crippen molar-refractivity contribution < 1.29 is 17.9 Å². The molecule has 1 N–H and O–H groups in total. The van der Waals surface area contributed by atoms with Gasteiger partial charge in [-0.05, 0) is 37.2 Å². The summed E-state index contributed by atoms with van der Waals surface area (Å²) in [6.45, 7) is 2.46. The van der Waals surface area contributed by atoms with E-state index in [0.29, 0.717) is 18.3 Å². The second kappa shape index (κ2) is 6.29. The molecule has 0 aromatic heterocycles. The monoisotopic (exact) mass is 281 g/mol. The van der Waals surface area contributed by atoms with Crippen molar-refractivity contribution in [1.82, 2.24) is 5.32 Å². The van der Waals surface area contributed by atoms with Crippen molar-refractivity contribution in [2.75, 3.05) is 19.7 Å². The Kier molecular flexibility index (Phi) is 5.28. The number of nitrogens with one attached hydrogen (secondary N) is 1. The predicted octanol–water partition coefficient (Wildman–Crippen LogP) is 3.12. The molecule has 1 atom stereocenters. The van der Waals surface area contributed by atoms with Crippen LogP contribution < -0.4 is 10.1 Å². The Morgan fingerprint density at radius 1 is 1.22 bits per heavy atom. The summed E-state index contributed by atoms with van der Waals surface area (Å²) in [6, 6.07) is 4.82. The molecule has 0 amide bonds. The van der Waals surface area contributed by atoms with E-state index in [4.69, 9.17) is 4.74 Å². The maximum Gasteiger partial charge on any atom is 0.416 e. The zero-order chi connectivity index (χ0) is 12.3. The number of rotatable bonds is 3. The highest BCUT2D eigenvalue weighted by Gasteiger charge is 2.30. The van der Waals surface area contributed by atoms with E-state index in [-0.39, 0.29) is 12.4 Å². The van der Waals surface area contributed by atoms with Gasteiger partial charge in [0.25, 0.3) is 0 Å². The van der Waals surface area contributed by atoms with Crippen molar-refractivity contribution in [2.45, 2.75) is 12.6 Å². The second-order valence-corrected chi connectivity index (χ2v) is 4.19. The van der Waals surface area contributed by atoms with Gasteiger partial charge in [-0.2, -0.15) is 13.2 Å². The van der Waals surface area contributed by atoms with Crippen LogP contribution in [0.1, 0.15) is 12.0 Å². The molecular weight excluding hydrogens is 267 g/mol. The van der Waals surface area contributed by atoms with Gasteiger partial charge in [0.15, 0.2) is 0 Å². The fraction of sp³-hybridized carbons (Fsp3) is 0.500. The molecule has 1 heterocycles. The largest absolute Gasteiger partial charge is 0.493 e. The SMILES string of the molecule is Cl.FC(F)(F)c1ccc(OCC2CCNC2)cc1. The molecule has 1 fully saturated rings. The van der Waals surface area contributed by atoms with Gasteiger partial charge in [0.1, 0.15) is 5.75 Å². The van der Waals surface area contributed by atoms with Crippen LogP contribution in [0.3, 0.4) is 0 Å². The van der Waals surface area contributed by atoms with Gasteiger partial charge in [-0.1, -0.05) is 0 Å². The quantitative estimate of drug-likeness (QED) is 0.919. The average molecular weight is 282 g/mol. The van der Waals surface area contributed by atoms with Crippen LogP contribution in [0, 0.1) is 5.92 Å². The van der Waals surface area contributed by atoms with Crippen molar-refractivity contribution >= 4 is 12.4 Å². The highest BCUT2D eigenvalue weighted by Crippen LogP contribution is 2.30. The molecule has 1 aromatic carbocycles. The van der Waals surface area contributed by atoms with Gasteiger partial charge in [0.2, 0.25) is 0 Å². The van der Waals surface area contributed by atoms with E-state index in [1.54, 1.807) is 0 Å². The van der Waals surface area contributed by atoms with Crippen molar-refractivity contribution in [2.24, 2.45) is 5.92 Å². The highest BCUT2D eigenvalue weighted by atomic mass is 35.5. The van der Waals surface area contributed by atoms with Gasteiger partial charge in [-0.15, -0.1) is 12.4 Å². The Morgan fingerprint density at radius 3 is 2.39 bits per heavy atom. The number of benzene rings is 1. The number of hydrogen-bond acceptors (Lipinski definition) is 2. The van der Waals surface area contributed by atoms with Crippen LogP contribution in [-0.4, -0.2) is 19.7 Å². The lowest BCUT2D eigenvalue weighted by Gasteiger charge is -2.12. The molecule has 0 bridgehead atoms. The van der Waals surface area contributed by atoms with Crippen molar-refractivity contribution in [3.63, 3.8) is 0 Å². The molecule has 2 nitrogen and oxygen atoms in total. The fourth-order valence-corrected chi connectivity index (χ4v) is 1.81. The molecule has 102 valence electrons. The zero-order valence-electron chi connectivity index (χ0n) is 9.67. The maximum absolute atomic E-state index is 12.3. The van der Waals surface area contributed by atoms with Gasteiger partial charge in [-0.25, -0.2) is 0 Å². The third-order valence-corrected chi connectivity index (χ3v) is 2.83. The lowest BCUT2D eigenvalue weighted by molar-refractivity contribution is -0.137. The van der Waals surface area contributed by atoms with Gasteiger partial charge in [0, 0.05) is 12.5 Å². The molecule has 1 aliphatic rings. The topological polar surface area (TPSA) is 21.3 Å². The molecule has 6 heteroatoms. The summed E-state index contributed by atoms with van der Waals surface area (Å²) in [5.74, 6) is 0.946. The minimum Gasteiger partial charge on any atom is -0.493 e. The predicted molar refractivity (Wildman–Crippen MR) is 65.2 cm³/mol. The molecule has 0 spiro atoms. The Labute approximate surface area is 110 Å². The molecular formula is C12H15ClF3NO. The van der Waals surface area contributed by atoms with E-state index in [1.807, 2.05) is 0 Å². The van der Waals surface area contributed by atoms with E-state index in [0.717, 1.165) is 31.6 Å². The van der Waals surface area contributed by atoms with Gasteiger partial charge in [-0.3, -0.25) is 0 Å². The zero-order valence-corrected chi connectivity index (χ0v) is 10.5. The summed E-state index contributed by atoms with van der Waals surface area (Å²) in [7, 11) is 0. The highest BCUT2D eigenvalue weighted by molar-refractivity contribution is 5.85. The van der Waals surface area contributed by atoms with E-state index in [9.17, 15) is 13.2 Å². The molecule has 0 aliphatic carbocycles. The summed E-state index contributed by atoms with van der Waals surface area (Å²) < 4.78 is 42.4. The lowest BCUT2D eigenvalue weighted by atomic mass is 10.1. The number of alkyl halides is 3. The first-order chi connectivity index (χ1) is 8.05. The van der Waals surface area contributed by atoms with E-state index in [2.05, 4.69) is 5.32 Å². The van der Waals surface area contributed by atoms with Crippen molar-refractivity contribution in [3.05, 3.63) is 29.8 Å². The number of ether oxygens (including phenoxy) is 1. The second-order valence-electron chi connectivity index (χ2n) is 4.19. The summed E-state index contributed by atoms with van der Waals surface area (Å²) in [4.78, 5) is 0. The van der Waals surface area contributed by atoms with Crippen LogP contribution in [0.15, 0.2) is 24.3 Å². The molecule has 1 unspecified atom stereocenters. The molecule has 1 saturated heterocycles. The molecule has 1 aromatic rings. The van der Waals surface area contributed by atoms with E-state index in [1.165, 1.54) is 12.1 Å². The molecule has 0 radical (unpaired) electrons. The van der Waals surface area contributed by atoms with Crippen LogP contribution in [0.2, 0.25) is 0 Å². The standard InChI is InChI=1S/C12H14F3NO.ClH/c13-12(14,15)10-1-3-11(4-2-10)17-8-9-5-6-16-7-9;/h1-4,9,16H,5-8H2;1H. The van der Waals surface area contributed by atoms with Gasteiger partial charge < -0.3 is 10.1 Å². The first-order valence-electron chi connectivity index (χ1n) is 5.56. The van der Waals surface area contributed by atoms with E-state index >= 15 is 0 Å². The first kappa shape index (κ1) is 15.1. The maximum atomic E-state index is 12.3. The summed E-state index contributed by atoms with van der Waals surface area (Å²) >= 11 is 0. The van der Waals surface area contributed by atoms with Gasteiger partial charge >= 0.3 is 6.18 Å². The first-order valence-corrected chi connectivity index (χ1v) is 5.56. The number of halogens is 4. The van der Waals surface area contributed by atoms with Crippen LogP contribution in [0.25, 0.3) is 0 Å².